The summed E-state index contributed by atoms with van der Waals surface area (Å²) in [6.07, 6.45) is 2.64. The van der Waals surface area contributed by atoms with Crippen LogP contribution in [0.4, 0.5) is 5.69 Å². The number of aromatic hydroxyl groups is 1. The summed E-state index contributed by atoms with van der Waals surface area (Å²) < 4.78 is 11.4. The molecule has 1 heterocycles. The first-order chi connectivity index (χ1) is 13.8. The number of nitro benzene ring substituents is 1. The summed E-state index contributed by atoms with van der Waals surface area (Å²) in [5, 5.41) is 21.5. The number of carbonyl (C=O) groups excluding carboxylic acids is 1. The highest BCUT2D eigenvalue weighted by Gasteiger charge is 2.40. The van der Waals surface area contributed by atoms with E-state index in [2.05, 4.69) is 33.9 Å². The quantitative estimate of drug-likeness (QED) is 0.305. The number of phenols is 1. The SMILES string of the molecule is CC=C1CC(CO[Si](C)(C)C(C)(C)C)N(C(=O)c2cc(OC)c(O)cc2[N+](=O)[O-])C1. The molecule has 1 aliphatic rings. The number of benzene rings is 1. The fraction of sp³-hybridized carbons (Fsp3) is 0.571. The van der Waals surface area contributed by atoms with Crippen molar-refractivity contribution in [1.29, 1.82) is 0 Å². The van der Waals surface area contributed by atoms with Crippen LogP contribution in [0.1, 0.15) is 44.5 Å². The Morgan fingerprint density at radius 2 is 2.03 bits per heavy atom. The molecule has 8 nitrogen and oxygen atoms in total. The Morgan fingerprint density at radius 3 is 2.53 bits per heavy atom. The maximum Gasteiger partial charge on any atom is 0.286 e. The van der Waals surface area contributed by atoms with Gasteiger partial charge in [0.2, 0.25) is 0 Å². The van der Waals surface area contributed by atoms with E-state index in [1.54, 1.807) is 4.90 Å². The molecule has 30 heavy (non-hydrogen) atoms. The van der Waals surface area contributed by atoms with Crippen LogP contribution in [0.2, 0.25) is 18.1 Å². The van der Waals surface area contributed by atoms with Crippen molar-refractivity contribution in [2.45, 2.75) is 58.3 Å². The van der Waals surface area contributed by atoms with Crippen molar-refractivity contribution < 1.29 is 24.0 Å². The molecule has 0 bridgehead atoms. The summed E-state index contributed by atoms with van der Waals surface area (Å²) in [5.41, 5.74) is 0.529. The predicted molar refractivity (Wildman–Crippen MR) is 118 cm³/mol. The number of allylic oxidation sites excluding steroid dienone is 1. The van der Waals surface area contributed by atoms with Crippen molar-refractivity contribution in [3.8, 4) is 11.5 Å². The smallest absolute Gasteiger partial charge is 0.286 e. The average molecular weight is 437 g/mol. The van der Waals surface area contributed by atoms with Gasteiger partial charge in [-0.3, -0.25) is 14.9 Å². The minimum Gasteiger partial charge on any atom is -0.504 e. The van der Waals surface area contributed by atoms with Gasteiger partial charge < -0.3 is 19.2 Å². The lowest BCUT2D eigenvalue weighted by Gasteiger charge is -2.38. The fourth-order valence-electron chi connectivity index (χ4n) is 3.14. The monoisotopic (exact) mass is 436 g/mol. The van der Waals surface area contributed by atoms with Crippen LogP contribution in [-0.2, 0) is 4.43 Å². The number of carbonyl (C=O) groups is 1. The standard InChI is InChI=1S/C21H32N2O6Si/c1-8-14-9-15(13-29-30(6,7)21(2,3)4)22(12-14)20(25)16-10-19(28-5)18(24)11-17(16)23(26)27/h8,10-11,15,24H,9,12-13H2,1-7H3. The molecule has 2 rings (SSSR count). The summed E-state index contributed by atoms with van der Waals surface area (Å²) in [4.78, 5) is 25.8. The predicted octanol–water partition coefficient (Wildman–Crippen LogP) is 4.49. The van der Waals surface area contributed by atoms with E-state index in [0.717, 1.165) is 11.6 Å². The number of ether oxygens (including phenoxy) is 1. The van der Waals surface area contributed by atoms with Gasteiger partial charge in [-0.25, -0.2) is 0 Å². The largest absolute Gasteiger partial charge is 0.504 e. The molecule has 0 aliphatic carbocycles. The van der Waals surface area contributed by atoms with Crippen LogP contribution in [-0.4, -0.2) is 55.5 Å². The zero-order chi connectivity index (χ0) is 22.9. The number of methoxy groups -OCH3 is 1. The van der Waals surface area contributed by atoms with Crippen molar-refractivity contribution >= 4 is 19.9 Å². The maximum atomic E-state index is 13.4. The lowest BCUT2D eigenvalue weighted by molar-refractivity contribution is -0.385. The molecule has 0 spiro atoms. The van der Waals surface area contributed by atoms with Crippen LogP contribution in [0.15, 0.2) is 23.8 Å². The van der Waals surface area contributed by atoms with Gasteiger partial charge in [-0.1, -0.05) is 32.4 Å². The Morgan fingerprint density at radius 1 is 1.40 bits per heavy atom. The molecular weight excluding hydrogens is 404 g/mol. The van der Waals surface area contributed by atoms with Gasteiger partial charge in [0.25, 0.3) is 11.6 Å². The van der Waals surface area contributed by atoms with Gasteiger partial charge in [0.15, 0.2) is 19.8 Å². The molecule has 1 unspecified atom stereocenters. The molecule has 1 atom stereocenters. The number of amides is 1. The molecule has 1 aliphatic heterocycles. The van der Waals surface area contributed by atoms with E-state index in [-0.39, 0.29) is 28.1 Å². The molecule has 1 N–H and O–H groups in total. The molecule has 1 saturated heterocycles. The van der Waals surface area contributed by atoms with E-state index in [1.807, 2.05) is 13.0 Å². The number of rotatable bonds is 6. The van der Waals surface area contributed by atoms with Crippen LogP contribution < -0.4 is 4.74 Å². The Kier molecular flexibility index (Phi) is 6.98. The molecule has 9 heteroatoms. The third-order valence-electron chi connectivity index (χ3n) is 6.15. The fourth-order valence-corrected chi connectivity index (χ4v) is 4.18. The highest BCUT2D eigenvalue weighted by molar-refractivity contribution is 6.74. The lowest BCUT2D eigenvalue weighted by Crippen LogP contribution is -2.46. The van der Waals surface area contributed by atoms with Crippen molar-refractivity contribution in [3.05, 3.63) is 39.5 Å². The summed E-state index contributed by atoms with van der Waals surface area (Å²) in [6, 6.07) is 1.98. The topological polar surface area (TPSA) is 102 Å². The molecule has 1 aromatic rings. The van der Waals surface area contributed by atoms with Crippen LogP contribution >= 0.6 is 0 Å². The van der Waals surface area contributed by atoms with Gasteiger partial charge in [-0.2, -0.15) is 0 Å². The van der Waals surface area contributed by atoms with Crippen LogP contribution in [0.25, 0.3) is 0 Å². The second-order valence-corrected chi connectivity index (χ2v) is 13.9. The number of hydrogen-bond donors (Lipinski definition) is 1. The first kappa shape index (κ1) is 23.9. The Balaban J connectivity index is 2.38. The summed E-state index contributed by atoms with van der Waals surface area (Å²) in [6.45, 7) is 13.5. The number of likely N-dealkylation sites (tertiary alicyclic amines) is 1. The van der Waals surface area contributed by atoms with Crippen LogP contribution in [0, 0.1) is 10.1 Å². The zero-order valence-electron chi connectivity index (χ0n) is 18.8. The number of hydrogen-bond acceptors (Lipinski definition) is 6. The molecule has 0 aromatic heterocycles. The molecule has 1 fully saturated rings. The molecule has 1 aromatic carbocycles. The maximum absolute atomic E-state index is 13.4. The van der Waals surface area contributed by atoms with Crippen LogP contribution in [0.3, 0.4) is 0 Å². The third kappa shape index (κ3) is 4.84. The van der Waals surface area contributed by atoms with Gasteiger partial charge in [-0.15, -0.1) is 0 Å². The van der Waals surface area contributed by atoms with E-state index < -0.39 is 24.8 Å². The second-order valence-electron chi connectivity index (χ2n) is 9.11. The van der Waals surface area contributed by atoms with Crippen molar-refractivity contribution in [3.63, 3.8) is 0 Å². The van der Waals surface area contributed by atoms with Crippen molar-refractivity contribution in [1.82, 2.24) is 4.90 Å². The van der Waals surface area contributed by atoms with E-state index in [1.165, 1.54) is 13.2 Å². The highest BCUT2D eigenvalue weighted by Crippen LogP contribution is 2.38. The van der Waals surface area contributed by atoms with Crippen molar-refractivity contribution in [2.24, 2.45) is 0 Å². The van der Waals surface area contributed by atoms with Gasteiger partial charge in [0.1, 0.15) is 5.56 Å². The number of nitro groups is 1. The van der Waals surface area contributed by atoms with E-state index in [4.69, 9.17) is 9.16 Å². The molecule has 1 amide bonds. The van der Waals surface area contributed by atoms with Gasteiger partial charge in [0, 0.05) is 12.6 Å². The minimum absolute atomic E-state index is 0.0171. The third-order valence-corrected chi connectivity index (χ3v) is 10.6. The van der Waals surface area contributed by atoms with Crippen molar-refractivity contribution in [2.75, 3.05) is 20.3 Å². The summed E-state index contributed by atoms with van der Waals surface area (Å²) in [7, 11) is -0.686. The minimum atomic E-state index is -2.02. The first-order valence-corrected chi connectivity index (χ1v) is 12.9. The van der Waals surface area contributed by atoms with E-state index >= 15 is 0 Å². The Bertz CT molecular complexity index is 860. The summed E-state index contributed by atoms with van der Waals surface area (Å²) in [5.74, 6) is -0.835. The highest BCUT2D eigenvalue weighted by atomic mass is 28.4. The molecule has 0 radical (unpaired) electrons. The van der Waals surface area contributed by atoms with Gasteiger partial charge in [-0.05, 0) is 31.5 Å². The molecule has 166 valence electrons. The zero-order valence-corrected chi connectivity index (χ0v) is 19.8. The van der Waals surface area contributed by atoms with Gasteiger partial charge >= 0.3 is 0 Å². The van der Waals surface area contributed by atoms with Crippen LogP contribution in [0.5, 0.6) is 11.5 Å². The molecular formula is C21H32N2O6Si. The Hall–Kier alpha value is -2.39. The number of nitrogens with zero attached hydrogens (tertiary/aromatic N) is 2. The normalized spacial score (nSPS) is 18.7. The lowest BCUT2D eigenvalue weighted by atomic mass is 10.1. The average Bonchev–Trinajstić information content (AvgIpc) is 3.08. The Labute approximate surface area is 178 Å². The first-order valence-electron chi connectivity index (χ1n) is 9.96. The van der Waals surface area contributed by atoms with Gasteiger partial charge in [0.05, 0.1) is 30.7 Å². The van der Waals surface area contributed by atoms with E-state index in [0.29, 0.717) is 19.6 Å². The molecule has 0 saturated carbocycles. The second kappa shape index (κ2) is 8.77. The summed E-state index contributed by atoms with van der Waals surface area (Å²) >= 11 is 0. The van der Waals surface area contributed by atoms with E-state index in [9.17, 15) is 20.0 Å². The number of phenolic OH excluding ortho intramolecular Hbond substituents is 1.